The third-order valence-electron chi connectivity index (χ3n) is 2.81. The van der Waals surface area contributed by atoms with E-state index in [2.05, 4.69) is 26.6 Å². The average molecular weight is 347 g/mol. The second-order valence-corrected chi connectivity index (χ2v) is 5.55. The largest absolute Gasteiger partial charge is 0.326 e. The van der Waals surface area contributed by atoms with Gasteiger partial charge in [-0.05, 0) is 58.7 Å². The number of hydrogen-bond donors (Lipinski definition) is 2. The van der Waals surface area contributed by atoms with Gasteiger partial charge in [0.1, 0.15) is 0 Å². The molecular weight excluding hydrogens is 332 g/mol. The van der Waals surface area contributed by atoms with Crippen molar-refractivity contribution in [2.45, 2.75) is 13.8 Å². The van der Waals surface area contributed by atoms with Crippen LogP contribution in [0.2, 0.25) is 0 Å². The lowest BCUT2D eigenvalue weighted by atomic mass is 10.1. The predicted molar refractivity (Wildman–Crippen MR) is 87.6 cm³/mol. The van der Waals surface area contributed by atoms with E-state index in [1.165, 1.54) is 6.92 Å². The Kier molecular flexibility index (Phi) is 4.75. The van der Waals surface area contributed by atoms with Gasteiger partial charge in [-0.3, -0.25) is 9.59 Å². The van der Waals surface area contributed by atoms with Crippen molar-refractivity contribution < 1.29 is 9.59 Å². The van der Waals surface area contributed by atoms with E-state index in [0.717, 1.165) is 10.0 Å². The van der Waals surface area contributed by atoms with Crippen molar-refractivity contribution >= 4 is 39.1 Å². The quantitative estimate of drug-likeness (QED) is 0.883. The number of rotatable bonds is 3. The Labute approximate surface area is 131 Å². The highest BCUT2D eigenvalue weighted by Gasteiger charge is 2.10. The monoisotopic (exact) mass is 346 g/mol. The minimum atomic E-state index is -0.207. The van der Waals surface area contributed by atoms with Crippen LogP contribution >= 0.6 is 15.9 Å². The van der Waals surface area contributed by atoms with E-state index in [-0.39, 0.29) is 11.8 Å². The Morgan fingerprint density at radius 3 is 2.29 bits per heavy atom. The van der Waals surface area contributed by atoms with Crippen LogP contribution in [0.3, 0.4) is 0 Å². The maximum atomic E-state index is 12.3. The van der Waals surface area contributed by atoms with Gasteiger partial charge >= 0.3 is 0 Å². The Morgan fingerprint density at radius 2 is 1.67 bits per heavy atom. The molecule has 0 fully saturated rings. The van der Waals surface area contributed by atoms with Crippen molar-refractivity contribution in [3.8, 4) is 0 Å². The third kappa shape index (κ3) is 4.16. The minimum absolute atomic E-state index is 0.153. The molecule has 4 nitrogen and oxygen atoms in total. The molecule has 0 aliphatic carbocycles. The molecule has 2 aromatic rings. The summed E-state index contributed by atoms with van der Waals surface area (Å²) in [6, 6.07) is 12.6. The molecule has 2 amide bonds. The highest BCUT2D eigenvalue weighted by Crippen LogP contribution is 2.21. The molecule has 0 atom stereocenters. The summed E-state index contributed by atoms with van der Waals surface area (Å²) < 4.78 is 0.748. The van der Waals surface area contributed by atoms with E-state index in [1.807, 2.05) is 19.1 Å². The van der Waals surface area contributed by atoms with Gasteiger partial charge in [-0.1, -0.05) is 12.1 Å². The Hall–Kier alpha value is -2.14. The van der Waals surface area contributed by atoms with Crippen molar-refractivity contribution in [1.82, 2.24) is 0 Å². The summed E-state index contributed by atoms with van der Waals surface area (Å²) in [4.78, 5) is 23.3. The Balaban J connectivity index is 2.17. The molecule has 0 spiro atoms. The fraction of sp³-hybridized carbons (Fsp3) is 0.125. The lowest BCUT2D eigenvalue weighted by Crippen LogP contribution is -2.13. The topological polar surface area (TPSA) is 58.2 Å². The molecule has 0 saturated carbocycles. The van der Waals surface area contributed by atoms with E-state index in [0.29, 0.717) is 16.9 Å². The second-order valence-electron chi connectivity index (χ2n) is 4.70. The van der Waals surface area contributed by atoms with Gasteiger partial charge in [0.05, 0.1) is 5.56 Å². The molecule has 0 saturated heterocycles. The van der Waals surface area contributed by atoms with Crippen LogP contribution in [0.5, 0.6) is 0 Å². The van der Waals surface area contributed by atoms with E-state index in [4.69, 9.17) is 0 Å². The molecule has 0 aliphatic heterocycles. The van der Waals surface area contributed by atoms with Crippen LogP contribution < -0.4 is 10.6 Å². The Bertz CT molecular complexity index is 698. The molecule has 0 unspecified atom stereocenters. The summed E-state index contributed by atoms with van der Waals surface area (Å²) in [6.45, 7) is 3.40. The summed E-state index contributed by atoms with van der Waals surface area (Å²) in [5, 5.41) is 5.49. The molecular formula is C16H15BrN2O2. The zero-order chi connectivity index (χ0) is 15.4. The van der Waals surface area contributed by atoms with Crippen LogP contribution in [0.15, 0.2) is 46.9 Å². The average Bonchev–Trinajstić information content (AvgIpc) is 2.37. The number of nitrogens with one attached hydrogen (secondary N) is 2. The van der Waals surface area contributed by atoms with Crippen LogP contribution in [-0.4, -0.2) is 11.8 Å². The van der Waals surface area contributed by atoms with Crippen molar-refractivity contribution in [2.75, 3.05) is 10.6 Å². The van der Waals surface area contributed by atoms with Crippen molar-refractivity contribution in [1.29, 1.82) is 0 Å². The summed E-state index contributed by atoms with van der Waals surface area (Å²) in [5.41, 5.74) is 2.90. The highest BCUT2D eigenvalue weighted by molar-refractivity contribution is 9.10. The highest BCUT2D eigenvalue weighted by atomic mass is 79.9. The zero-order valence-electron chi connectivity index (χ0n) is 11.7. The molecule has 2 aromatic carbocycles. The van der Waals surface area contributed by atoms with Gasteiger partial charge in [-0.25, -0.2) is 0 Å². The number of carbonyl (C=O) groups is 2. The number of amides is 2. The first kappa shape index (κ1) is 15.3. The van der Waals surface area contributed by atoms with Crippen LogP contribution in [0.4, 0.5) is 11.4 Å². The third-order valence-corrected chi connectivity index (χ3v) is 3.47. The molecule has 2 rings (SSSR count). The summed E-state index contributed by atoms with van der Waals surface area (Å²) in [6.07, 6.45) is 0. The van der Waals surface area contributed by atoms with Crippen LogP contribution in [0.25, 0.3) is 0 Å². The second kappa shape index (κ2) is 6.54. The fourth-order valence-electron chi connectivity index (χ4n) is 1.88. The smallest absolute Gasteiger partial charge is 0.256 e. The number of carbonyl (C=O) groups excluding carboxylic acids is 2. The maximum absolute atomic E-state index is 12.3. The van der Waals surface area contributed by atoms with Gasteiger partial charge in [0.15, 0.2) is 0 Å². The summed E-state index contributed by atoms with van der Waals surface area (Å²) in [5.74, 6) is -0.360. The van der Waals surface area contributed by atoms with Crippen LogP contribution in [0, 0.1) is 6.92 Å². The molecule has 0 aromatic heterocycles. The first-order chi connectivity index (χ1) is 9.95. The molecule has 108 valence electrons. The normalized spacial score (nSPS) is 10.0. The molecule has 0 radical (unpaired) electrons. The number of hydrogen-bond acceptors (Lipinski definition) is 2. The number of benzene rings is 2. The van der Waals surface area contributed by atoms with Crippen LogP contribution in [-0.2, 0) is 4.79 Å². The lowest BCUT2D eigenvalue weighted by Gasteiger charge is -2.09. The Morgan fingerprint density at radius 1 is 1.00 bits per heavy atom. The van der Waals surface area contributed by atoms with Crippen LogP contribution in [0.1, 0.15) is 22.8 Å². The summed E-state index contributed by atoms with van der Waals surface area (Å²) >= 11 is 3.39. The molecule has 2 N–H and O–H groups in total. The maximum Gasteiger partial charge on any atom is 0.256 e. The fourth-order valence-corrected chi connectivity index (χ4v) is 2.55. The SMILES string of the molecule is CC(=O)Nc1cccc(NC(=O)c2ccc(C)cc2Br)c1. The van der Waals surface area contributed by atoms with E-state index < -0.39 is 0 Å². The number of anilines is 2. The first-order valence-electron chi connectivity index (χ1n) is 6.41. The van der Waals surface area contributed by atoms with Gasteiger partial charge in [0.2, 0.25) is 5.91 Å². The molecule has 0 heterocycles. The van der Waals surface area contributed by atoms with Crippen molar-refractivity contribution in [3.63, 3.8) is 0 Å². The van der Waals surface area contributed by atoms with Crippen molar-refractivity contribution in [3.05, 3.63) is 58.1 Å². The summed E-state index contributed by atoms with van der Waals surface area (Å²) in [7, 11) is 0. The molecule has 0 bridgehead atoms. The van der Waals surface area contributed by atoms with Crippen molar-refractivity contribution in [2.24, 2.45) is 0 Å². The van der Waals surface area contributed by atoms with Gasteiger partial charge in [0.25, 0.3) is 5.91 Å². The standard InChI is InChI=1S/C16H15BrN2O2/c1-10-6-7-14(15(17)8-10)16(21)19-13-5-3-4-12(9-13)18-11(2)20/h3-9H,1-2H3,(H,18,20)(H,19,21). The van der Waals surface area contributed by atoms with E-state index in [9.17, 15) is 9.59 Å². The molecule has 0 aliphatic rings. The predicted octanol–water partition coefficient (Wildman–Crippen LogP) is 3.97. The van der Waals surface area contributed by atoms with Gasteiger partial charge in [0, 0.05) is 22.8 Å². The molecule has 5 heteroatoms. The van der Waals surface area contributed by atoms with Gasteiger partial charge in [-0.15, -0.1) is 0 Å². The molecule has 21 heavy (non-hydrogen) atoms. The number of aryl methyl sites for hydroxylation is 1. The lowest BCUT2D eigenvalue weighted by molar-refractivity contribution is -0.114. The van der Waals surface area contributed by atoms with E-state index >= 15 is 0 Å². The minimum Gasteiger partial charge on any atom is -0.326 e. The first-order valence-corrected chi connectivity index (χ1v) is 7.20. The van der Waals surface area contributed by atoms with Gasteiger partial charge < -0.3 is 10.6 Å². The van der Waals surface area contributed by atoms with Gasteiger partial charge in [-0.2, -0.15) is 0 Å². The zero-order valence-corrected chi connectivity index (χ0v) is 13.3. The van der Waals surface area contributed by atoms with E-state index in [1.54, 1.807) is 30.3 Å². The number of halogens is 1.